The van der Waals surface area contributed by atoms with Gasteiger partial charge < -0.3 is 9.84 Å². The molecule has 0 aliphatic rings. The number of rotatable bonds is 7. The van der Waals surface area contributed by atoms with Gasteiger partial charge in [0.2, 0.25) is 0 Å². The van der Waals surface area contributed by atoms with E-state index in [1.165, 1.54) is 6.08 Å². The fourth-order valence-electron chi connectivity index (χ4n) is 0.896. The average Bonchev–Trinajstić information content (AvgIpc) is 2.17. The number of ether oxygens (including phenoxy) is 1. The molecular formula is C8H16N2O5S. The highest BCUT2D eigenvalue weighted by Crippen LogP contribution is 1.98. The maximum atomic E-state index is 11.6. The standard InChI is InChI=1S/C8H16N2O5S/c1-3-5-10(6-7-11)16(13,14)9-8(12)15-4-2/h3,11H,1,4-7H2,2H3,(H,9,12). The van der Waals surface area contributed by atoms with Crippen molar-refractivity contribution < 1.29 is 23.1 Å². The second-order valence-corrected chi connectivity index (χ2v) is 4.37. The van der Waals surface area contributed by atoms with Crippen LogP contribution < -0.4 is 4.72 Å². The number of hydrogen-bond acceptors (Lipinski definition) is 5. The summed E-state index contributed by atoms with van der Waals surface area (Å²) in [7, 11) is -3.99. The lowest BCUT2D eigenvalue weighted by Crippen LogP contribution is -2.44. The molecule has 0 aliphatic carbocycles. The van der Waals surface area contributed by atoms with Gasteiger partial charge in [-0.15, -0.1) is 6.58 Å². The summed E-state index contributed by atoms with van der Waals surface area (Å²) >= 11 is 0. The van der Waals surface area contributed by atoms with Crippen LogP contribution in [0.1, 0.15) is 6.92 Å². The lowest BCUT2D eigenvalue weighted by Gasteiger charge is -2.19. The SMILES string of the molecule is C=CCN(CCO)S(=O)(=O)NC(=O)OCC. The van der Waals surface area contributed by atoms with Crippen LogP contribution in [0.15, 0.2) is 12.7 Å². The summed E-state index contributed by atoms with van der Waals surface area (Å²) < 4.78 is 30.1. The van der Waals surface area contributed by atoms with Crippen molar-refractivity contribution in [3.8, 4) is 0 Å². The molecule has 0 aromatic carbocycles. The van der Waals surface area contributed by atoms with E-state index in [4.69, 9.17) is 5.11 Å². The number of aliphatic hydroxyl groups is 1. The van der Waals surface area contributed by atoms with Gasteiger partial charge in [0.1, 0.15) is 0 Å². The Morgan fingerprint density at radius 1 is 1.62 bits per heavy atom. The lowest BCUT2D eigenvalue weighted by molar-refractivity contribution is 0.157. The summed E-state index contributed by atoms with van der Waals surface area (Å²) in [6.07, 6.45) is 0.301. The second-order valence-electron chi connectivity index (χ2n) is 2.70. The minimum Gasteiger partial charge on any atom is -0.449 e. The lowest BCUT2D eigenvalue weighted by atomic mass is 10.6. The third-order valence-electron chi connectivity index (χ3n) is 1.51. The molecule has 0 aromatic rings. The van der Waals surface area contributed by atoms with Gasteiger partial charge in [-0.25, -0.2) is 9.52 Å². The Balaban J connectivity index is 4.58. The van der Waals surface area contributed by atoms with Crippen molar-refractivity contribution >= 4 is 16.3 Å². The zero-order valence-electron chi connectivity index (χ0n) is 9.05. The Kier molecular flexibility index (Phi) is 6.70. The molecule has 94 valence electrons. The van der Waals surface area contributed by atoms with Crippen LogP contribution in [0.2, 0.25) is 0 Å². The summed E-state index contributed by atoms with van der Waals surface area (Å²) in [6.45, 7) is 4.53. The molecule has 2 N–H and O–H groups in total. The number of amides is 1. The van der Waals surface area contributed by atoms with E-state index in [-0.39, 0.29) is 26.3 Å². The second kappa shape index (κ2) is 7.20. The molecular weight excluding hydrogens is 236 g/mol. The minimum absolute atomic E-state index is 0.00466. The Bertz CT molecular complexity index is 327. The largest absolute Gasteiger partial charge is 0.449 e. The summed E-state index contributed by atoms with van der Waals surface area (Å²) in [5, 5.41) is 8.68. The molecule has 0 saturated heterocycles. The van der Waals surface area contributed by atoms with Crippen LogP contribution in [0.25, 0.3) is 0 Å². The monoisotopic (exact) mass is 252 g/mol. The molecule has 0 bridgehead atoms. The van der Waals surface area contributed by atoms with Crippen molar-refractivity contribution in [3.63, 3.8) is 0 Å². The van der Waals surface area contributed by atoms with Gasteiger partial charge in [-0.05, 0) is 6.92 Å². The summed E-state index contributed by atoms with van der Waals surface area (Å²) in [4.78, 5) is 10.9. The van der Waals surface area contributed by atoms with Crippen molar-refractivity contribution in [2.45, 2.75) is 6.92 Å². The number of hydrogen-bond donors (Lipinski definition) is 2. The fourth-order valence-corrected chi connectivity index (χ4v) is 1.92. The first-order valence-electron chi connectivity index (χ1n) is 4.64. The molecule has 0 heterocycles. The van der Waals surface area contributed by atoms with Crippen LogP contribution in [-0.2, 0) is 14.9 Å². The summed E-state index contributed by atoms with van der Waals surface area (Å²) in [5.74, 6) is 0. The van der Waals surface area contributed by atoms with Gasteiger partial charge in [-0.1, -0.05) is 6.08 Å². The number of nitrogens with zero attached hydrogens (tertiary/aromatic N) is 1. The summed E-state index contributed by atoms with van der Waals surface area (Å²) in [5.41, 5.74) is 0. The van der Waals surface area contributed by atoms with Gasteiger partial charge in [0.25, 0.3) is 0 Å². The van der Waals surface area contributed by atoms with Gasteiger partial charge in [-0.3, -0.25) is 0 Å². The van der Waals surface area contributed by atoms with Gasteiger partial charge in [0.05, 0.1) is 13.2 Å². The maximum absolute atomic E-state index is 11.6. The predicted octanol–water partition coefficient (Wildman–Crippen LogP) is -0.542. The molecule has 0 saturated carbocycles. The quantitative estimate of drug-likeness (QED) is 0.593. The van der Waals surface area contributed by atoms with Crippen LogP contribution in [0.3, 0.4) is 0 Å². The highest BCUT2D eigenvalue weighted by atomic mass is 32.2. The van der Waals surface area contributed by atoms with Crippen molar-refractivity contribution in [2.75, 3.05) is 26.3 Å². The highest BCUT2D eigenvalue weighted by Gasteiger charge is 2.23. The Morgan fingerprint density at radius 3 is 2.69 bits per heavy atom. The smallest absolute Gasteiger partial charge is 0.421 e. The Labute approximate surface area is 94.9 Å². The van der Waals surface area contributed by atoms with Crippen LogP contribution >= 0.6 is 0 Å². The van der Waals surface area contributed by atoms with Gasteiger partial charge >= 0.3 is 16.3 Å². The van der Waals surface area contributed by atoms with Crippen molar-refractivity contribution in [1.82, 2.24) is 9.03 Å². The van der Waals surface area contributed by atoms with Crippen LogP contribution in [0.5, 0.6) is 0 Å². The number of nitrogens with one attached hydrogen (secondary N) is 1. The number of aliphatic hydroxyl groups excluding tert-OH is 1. The third-order valence-corrected chi connectivity index (χ3v) is 2.95. The first-order valence-corrected chi connectivity index (χ1v) is 6.08. The predicted molar refractivity (Wildman–Crippen MR) is 57.9 cm³/mol. The minimum atomic E-state index is -3.99. The molecule has 0 spiro atoms. The molecule has 16 heavy (non-hydrogen) atoms. The molecule has 0 radical (unpaired) electrons. The van der Waals surface area contributed by atoms with Crippen molar-refractivity contribution in [1.29, 1.82) is 0 Å². The third kappa shape index (κ3) is 5.10. The zero-order valence-corrected chi connectivity index (χ0v) is 9.87. The first kappa shape index (κ1) is 14.9. The maximum Gasteiger partial charge on any atom is 0.421 e. The molecule has 1 amide bonds. The van der Waals surface area contributed by atoms with E-state index < -0.39 is 16.3 Å². The number of carbonyl (C=O) groups is 1. The average molecular weight is 252 g/mol. The number of carbonyl (C=O) groups excluding carboxylic acids is 1. The van der Waals surface area contributed by atoms with Gasteiger partial charge in [0, 0.05) is 13.1 Å². The van der Waals surface area contributed by atoms with E-state index in [2.05, 4.69) is 11.3 Å². The fraction of sp³-hybridized carbons (Fsp3) is 0.625. The molecule has 0 unspecified atom stereocenters. The normalized spacial score (nSPS) is 11.2. The molecule has 7 nitrogen and oxygen atoms in total. The molecule has 0 rings (SSSR count). The zero-order chi connectivity index (χ0) is 12.6. The molecule has 0 aliphatic heterocycles. The Morgan fingerprint density at radius 2 is 2.25 bits per heavy atom. The first-order chi connectivity index (χ1) is 7.47. The topological polar surface area (TPSA) is 95.9 Å². The molecule has 8 heteroatoms. The van der Waals surface area contributed by atoms with Gasteiger partial charge in [0.15, 0.2) is 0 Å². The van der Waals surface area contributed by atoms with Crippen LogP contribution in [0, 0.1) is 0 Å². The van der Waals surface area contributed by atoms with E-state index >= 15 is 0 Å². The highest BCUT2D eigenvalue weighted by molar-refractivity contribution is 7.87. The van der Waals surface area contributed by atoms with Crippen molar-refractivity contribution in [3.05, 3.63) is 12.7 Å². The van der Waals surface area contributed by atoms with Crippen molar-refractivity contribution in [2.24, 2.45) is 0 Å². The molecule has 0 fully saturated rings. The van der Waals surface area contributed by atoms with Gasteiger partial charge in [-0.2, -0.15) is 12.7 Å². The summed E-state index contributed by atoms with van der Waals surface area (Å²) in [6, 6.07) is 0. The molecule has 0 aromatic heterocycles. The van der Waals surface area contributed by atoms with E-state index in [1.54, 1.807) is 11.6 Å². The van der Waals surface area contributed by atoms with E-state index in [0.29, 0.717) is 0 Å². The van der Waals surface area contributed by atoms with Crippen LogP contribution in [-0.4, -0.2) is 50.2 Å². The van der Waals surface area contributed by atoms with Crippen LogP contribution in [0.4, 0.5) is 4.79 Å². The van der Waals surface area contributed by atoms with E-state index in [9.17, 15) is 13.2 Å². The molecule has 0 atom stereocenters. The van der Waals surface area contributed by atoms with E-state index in [0.717, 1.165) is 4.31 Å². The van der Waals surface area contributed by atoms with E-state index in [1.807, 2.05) is 0 Å². The Hall–Kier alpha value is -1.12.